The van der Waals surface area contributed by atoms with E-state index in [0.717, 1.165) is 21.2 Å². The summed E-state index contributed by atoms with van der Waals surface area (Å²) >= 11 is 0. The van der Waals surface area contributed by atoms with Gasteiger partial charge in [0.15, 0.2) is 0 Å². The topological polar surface area (TPSA) is 79.8 Å². The second-order valence-electron chi connectivity index (χ2n) is 7.82. The number of aromatic nitrogens is 1. The molecule has 1 heterocycles. The van der Waals surface area contributed by atoms with E-state index < -0.39 is 10.0 Å². The maximum atomic E-state index is 13.4. The molecule has 1 amide bonds. The minimum absolute atomic E-state index is 0.0528. The summed E-state index contributed by atoms with van der Waals surface area (Å²) in [6, 6.07) is 20.2. The Kier molecular flexibility index (Phi) is 8.19. The maximum absolute atomic E-state index is 13.4. The van der Waals surface area contributed by atoms with Crippen molar-refractivity contribution in [1.82, 2.24) is 14.2 Å². The van der Waals surface area contributed by atoms with Crippen LogP contribution in [0.2, 0.25) is 0 Å². The van der Waals surface area contributed by atoms with E-state index in [4.69, 9.17) is 4.74 Å². The molecule has 0 aliphatic carbocycles. The molecule has 33 heavy (non-hydrogen) atoms. The molecule has 1 aromatic heterocycles. The highest BCUT2D eigenvalue weighted by atomic mass is 32.2. The average Bonchev–Trinajstić information content (AvgIpc) is 2.83. The monoisotopic (exact) mass is 467 g/mol. The molecule has 7 nitrogen and oxygen atoms in total. The molecule has 0 aliphatic rings. The number of rotatable bonds is 10. The highest BCUT2D eigenvalue weighted by Gasteiger charge is 2.28. The number of carbonyl (C=O) groups excluding carboxylic acids is 1. The number of benzene rings is 2. The number of hydrogen-bond acceptors (Lipinski definition) is 5. The van der Waals surface area contributed by atoms with Crippen molar-refractivity contribution in [2.24, 2.45) is 0 Å². The van der Waals surface area contributed by atoms with Gasteiger partial charge in [0.05, 0.1) is 13.7 Å². The van der Waals surface area contributed by atoms with Crippen LogP contribution in [0.5, 0.6) is 5.75 Å². The number of methoxy groups -OCH3 is 1. The molecule has 0 unspecified atom stereocenters. The summed E-state index contributed by atoms with van der Waals surface area (Å²) in [7, 11) is -0.804. The van der Waals surface area contributed by atoms with E-state index in [9.17, 15) is 13.2 Å². The first kappa shape index (κ1) is 24.4. The molecule has 2 aromatic carbocycles. The minimum atomic E-state index is -3.83. The Balaban J connectivity index is 1.83. The third-order valence-electron chi connectivity index (χ3n) is 5.46. The average molecular weight is 468 g/mol. The van der Waals surface area contributed by atoms with Crippen molar-refractivity contribution in [3.05, 3.63) is 90.3 Å². The van der Waals surface area contributed by atoms with Crippen LogP contribution in [0, 0.1) is 0 Å². The van der Waals surface area contributed by atoms with Crippen molar-refractivity contribution in [1.29, 1.82) is 0 Å². The van der Waals surface area contributed by atoms with E-state index in [2.05, 4.69) is 4.98 Å². The Morgan fingerprint density at radius 1 is 1.03 bits per heavy atom. The molecule has 1 atom stereocenters. The first-order valence-corrected chi connectivity index (χ1v) is 12.1. The number of carbonyl (C=O) groups is 1. The van der Waals surface area contributed by atoms with Crippen molar-refractivity contribution in [2.75, 3.05) is 20.7 Å². The standard InChI is InChI=1S/C25H29N3O4S/c1-20(16-22-12-7-8-14-24(22)32-3)28(18-21-10-5-4-6-11-21)25(29)19-27(2)33(30,31)23-13-9-15-26-17-23/h4-15,17,20H,16,18-19H2,1-3H3/t20-/m0/s1. The summed E-state index contributed by atoms with van der Waals surface area (Å²) in [5.74, 6) is 0.476. The molecule has 0 fully saturated rings. The molecule has 0 aliphatic heterocycles. The normalized spacial score (nSPS) is 12.4. The van der Waals surface area contributed by atoms with Crippen LogP contribution in [0.25, 0.3) is 0 Å². The largest absolute Gasteiger partial charge is 0.496 e. The molecule has 3 rings (SSSR count). The number of nitrogens with zero attached hydrogens (tertiary/aromatic N) is 3. The van der Waals surface area contributed by atoms with Crippen LogP contribution >= 0.6 is 0 Å². The summed E-state index contributed by atoms with van der Waals surface area (Å²) in [4.78, 5) is 19.0. The van der Waals surface area contributed by atoms with E-state index in [1.807, 2.05) is 61.5 Å². The first-order valence-electron chi connectivity index (χ1n) is 10.6. The fourth-order valence-electron chi connectivity index (χ4n) is 3.62. The van der Waals surface area contributed by atoms with Crippen molar-refractivity contribution >= 4 is 15.9 Å². The highest BCUT2D eigenvalue weighted by Crippen LogP contribution is 2.22. The van der Waals surface area contributed by atoms with Crippen LogP contribution in [0.3, 0.4) is 0 Å². The molecule has 0 bridgehead atoms. The van der Waals surface area contributed by atoms with Gasteiger partial charge in [0, 0.05) is 32.0 Å². The molecule has 0 saturated carbocycles. The number of amides is 1. The fourth-order valence-corrected chi connectivity index (χ4v) is 4.70. The van der Waals surface area contributed by atoms with Crippen LogP contribution in [-0.4, -0.2) is 55.3 Å². The Morgan fingerprint density at radius 2 is 1.73 bits per heavy atom. The van der Waals surface area contributed by atoms with E-state index in [1.165, 1.54) is 25.5 Å². The van der Waals surface area contributed by atoms with Gasteiger partial charge in [-0.1, -0.05) is 48.5 Å². The molecule has 0 spiro atoms. The lowest BCUT2D eigenvalue weighted by molar-refractivity contribution is -0.133. The zero-order valence-corrected chi connectivity index (χ0v) is 19.9. The lowest BCUT2D eigenvalue weighted by Crippen LogP contribution is -2.45. The second-order valence-corrected chi connectivity index (χ2v) is 9.87. The van der Waals surface area contributed by atoms with Gasteiger partial charge in [-0.3, -0.25) is 9.78 Å². The quantitative estimate of drug-likeness (QED) is 0.457. The van der Waals surface area contributed by atoms with E-state index >= 15 is 0 Å². The Morgan fingerprint density at radius 3 is 2.39 bits per heavy atom. The number of sulfonamides is 1. The molecule has 0 saturated heterocycles. The van der Waals surface area contributed by atoms with Gasteiger partial charge in [-0.25, -0.2) is 8.42 Å². The predicted octanol–water partition coefficient (Wildman–Crippen LogP) is 3.37. The molecular formula is C25H29N3O4S. The van der Waals surface area contributed by atoms with Crippen LogP contribution in [0.15, 0.2) is 84.0 Å². The molecule has 3 aromatic rings. The molecule has 8 heteroatoms. The lowest BCUT2D eigenvalue weighted by atomic mass is 10.0. The summed E-state index contributed by atoms with van der Waals surface area (Å²) in [5, 5.41) is 0. The van der Waals surface area contributed by atoms with Crippen LogP contribution in [0.4, 0.5) is 0 Å². The number of ether oxygens (including phenoxy) is 1. The maximum Gasteiger partial charge on any atom is 0.244 e. The van der Waals surface area contributed by atoms with Gasteiger partial charge >= 0.3 is 0 Å². The van der Waals surface area contributed by atoms with Gasteiger partial charge < -0.3 is 9.64 Å². The van der Waals surface area contributed by atoms with Gasteiger partial charge in [-0.05, 0) is 42.7 Å². The number of para-hydroxylation sites is 1. The third-order valence-corrected chi connectivity index (χ3v) is 7.24. The Hall–Kier alpha value is -3.23. The van der Waals surface area contributed by atoms with E-state index in [1.54, 1.807) is 18.1 Å². The van der Waals surface area contributed by atoms with Crippen LogP contribution in [-0.2, 0) is 27.8 Å². The zero-order valence-electron chi connectivity index (χ0n) is 19.1. The summed E-state index contributed by atoms with van der Waals surface area (Å²) in [6.45, 7) is 2.06. The lowest BCUT2D eigenvalue weighted by Gasteiger charge is -2.31. The summed E-state index contributed by atoms with van der Waals surface area (Å²) in [5.41, 5.74) is 1.95. The Labute approximate surface area is 195 Å². The number of pyridine rings is 1. The van der Waals surface area contributed by atoms with Gasteiger partial charge in [-0.15, -0.1) is 0 Å². The van der Waals surface area contributed by atoms with Gasteiger partial charge in [0.1, 0.15) is 10.6 Å². The minimum Gasteiger partial charge on any atom is -0.496 e. The third kappa shape index (κ3) is 6.18. The van der Waals surface area contributed by atoms with Crippen molar-refractivity contribution in [3.63, 3.8) is 0 Å². The molecule has 0 N–H and O–H groups in total. The van der Waals surface area contributed by atoms with Crippen molar-refractivity contribution in [2.45, 2.75) is 30.8 Å². The Bertz CT molecular complexity index is 1150. The van der Waals surface area contributed by atoms with Crippen molar-refractivity contribution in [3.8, 4) is 5.75 Å². The SMILES string of the molecule is COc1ccccc1C[C@H](C)N(Cc1ccccc1)C(=O)CN(C)S(=O)(=O)c1cccnc1. The zero-order chi connectivity index (χ0) is 23.8. The second kappa shape index (κ2) is 11.1. The first-order chi connectivity index (χ1) is 15.8. The van der Waals surface area contributed by atoms with Gasteiger partial charge in [0.2, 0.25) is 15.9 Å². The van der Waals surface area contributed by atoms with Crippen molar-refractivity contribution < 1.29 is 17.9 Å². The van der Waals surface area contributed by atoms with Gasteiger partial charge in [0.25, 0.3) is 0 Å². The summed E-state index contributed by atoms with van der Waals surface area (Å²) < 4.78 is 32.3. The smallest absolute Gasteiger partial charge is 0.244 e. The van der Waals surface area contributed by atoms with E-state index in [0.29, 0.717) is 13.0 Å². The molecule has 0 radical (unpaired) electrons. The highest BCUT2D eigenvalue weighted by molar-refractivity contribution is 7.89. The number of hydrogen-bond donors (Lipinski definition) is 0. The predicted molar refractivity (Wildman–Crippen MR) is 127 cm³/mol. The number of likely N-dealkylation sites (N-methyl/N-ethyl adjacent to an activating group) is 1. The van der Waals surface area contributed by atoms with Crippen LogP contribution in [0.1, 0.15) is 18.1 Å². The van der Waals surface area contributed by atoms with Crippen LogP contribution < -0.4 is 4.74 Å². The summed E-state index contributed by atoms with van der Waals surface area (Å²) in [6.07, 6.45) is 3.36. The molecule has 174 valence electrons. The van der Waals surface area contributed by atoms with E-state index in [-0.39, 0.29) is 23.4 Å². The fraction of sp³-hybridized carbons (Fsp3) is 0.280. The van der Waals surface area contributed by atoms with Gasteiger partial charge in [-0.2, -0.15) is 4.31 Å². The molecular weight excluding hydrogens is 438 g/mol.